The summed E-state index contributed by atoms with van der Waals surface area (Å²) in [4.78, 5) is 24.1. The van der Waals surface area contributed by atoms with Crippen molar-refractivity contribution in [2.45, 2.75) is 25.8 Å². The maximum absolute atomic E-state index is 12.7. The number of hydrogen-bond donors (Lipinski definition) is 1. The highest BCUT2D eigenvalue weighted by atomic mass is 32.1. The summed E-state index contributed by atoms with van der Waals surface area (Å²) in [7, 11) is 0. The second kappa shape index (κ2) is 7.69. The molecule has 2 rings (SSSR count). The van der Waals surface area contributed by atoms with Gasteiger partial charge in [0, 0.05) is 19.4 Å². The summed E-state index contributed by atoms with van der Waals surface area (Å²) in [5, 5.41) is 4.62. The van der Waals surface area contributed by atoms with Crippen LogP contribution in [0, 0.1) is 5.82 Å². The van der Waals surface area contributed by atoms with Crippen molar-refractivity contribution >= 4 is 23.0 Å². The Hall–Kier alpha value is -2.01. The van der Waals surface area contributed by atoms with Crippen LogP contribution in [0.25, 0.3) is 0 Å². The third kappa shape index (κ3) is 5.11. The van der Waals surface area contributed by atoms with E-state index in [-0.39, 0.29) is 17.5 Å². The van der Waals surface area contributed by atoms with E-state index < -0.39 is 0 Å². The average Bonchev–Trinajstić information content (AvgIpc) is 3.01. The fraction of sp³-hybridized carbons (Fsp3) is 0.250. The van der Waals surface area contributed by atoms with Gasteiger partial charge >= 0.3 is 0 Å². The molecule has 0 fully saturated rings. The minimum absolute atomic E-state index is 0.0799. The van der Waals surface area contributed by atoms with Crippen molar-refractivity contribution in [3.8, 4) is 0 Å². The number of halogens is 1. The highest BCUT2D eigenvalue weighted by molar-refractivity contribution is 7.12. The van der Waals surface area contributed by atoms with Crippen LogP contribution >= 0.6 is 11.3 Å². The lowest BCUT2D eigenvalue weighted by Gasteiger charge is -2.05. The zero-order chi connectivity index (χ0) is 15.1. The maximum Gasteiger partial charge on any atom is 0.220 e. The van der Waals surface area contributed by atoms with Gasteiger partial charge < -0.3 is 5.32 Å². The number of carbonyl (C=O) groups excluding carboxylic acids is 2. The van der Waals surface area contributed by atoms with Gasteiger partial charge in [-0.05, 0) is 35.6 Å². The first kappa shape index (κ1) is 15.4. The Bertz CT molecular complexity index is 593. The SMILES string of the molecule is O=C(CCCC(=O)c1cccs1)NCc1ccc(F)cc1. The van der Waals surface area contributed by atoms with Crippen molar-refractivity contribution in [1.29, 1.82) is 0 Å². The standard InChI is InChI=1S/C16H16FNO2S/c17-13-8-6-12(7-9-13)11-18-16(20)5-1-3-14(19)15-4-2-10-21-15/h2,4,6-10H,1,3,5,11H2,(H,18,20). The van der Waals surface area contributed by atoms with Gasteiger partial charge in [-0.2, -0.15) is 0 Å². The molecule has 3 nitrogen and oxygen atoms in total. The lowest BCUT2D eigenvalue weighted by atomic mass is 10.1. The molecule has 1 aromatic heterocycles. The number of nitrogens with one attached hydrogen (secondary N) is 1. The number of thiophene rings is 1. The molecule has 0 atom stereocenters. The second-order valence-electron chi connectivity index (χ2n) is 4.66. The molecular weight excluding hydrogens is 289 g/mol. The number of benzene rings is 1. The quantitative estimate of drug-likeness (QED) is 0.795. The van der Waals surface area contributed by atoms with E-state index >= 15 is 0 Å². The molecule has 0 saturated heterocycles. The van der Waals surface area contributed by atoms with E-state index in [0.717, 1.165) is 10.4 Å². The van der Waals surface area contributed by atoms with Crippen LogP contribution in [0.15, 0.2) is 41.8 Å². The summed E-state index contributed by atoms with van der Waals surface area (Å²) in [6.07, 6.45) is 1.23. The molecule has 0 unspecified atom stereocenters. The lowest BCUT2D eigenvalue weighted by Crippen LogP contribution is -2.22. The van der Waals surface area contributed by atoms with E-state index in [2.05, 4.69) is 5.32 Å². The van der Waals surface area contributed by atoms with E-state index in [1.165, 1.54) is 23.5 Å². The molecule has 0 bridgehead atoms. The number of Topliss-reactive ketones (excluding diaryl/α,β-unsaturated/α-hetero) is 1. The highest BCUT2D eigenvalue weighted by Crippen LogP contribution is 2.13. The molecule has 1 N–H and O–H groups in total. The van der Waals surface area contributed by atoms with Crippen LogP contribution < -0.4 is 5.32 Å². The van der Waals surface area contributed by atoms with E-state index in [9.17, 15) is 14.0 Å². The minimum Gasteiger partial charge on any atom is -0.352 e. The van der Waals surface area contributed by atoms with Crippen LogP contribution in [0.2, 0.25) is 0 Å². The molecule has 2 aromatic rings. The Balaban J connectivity index is 1.66. The fourth-order valence-corrected chi connectivity index (χ4v) is 2.56. The van der Waals surface area contributed by atoms with Gasteiger partial charge in [-0.3, -0.25) is 9.59 Å². The summed E-state index contributed by atoms with van der Waals surface area (Å²) in [6, 6.07) is 9.63. The molecule has 0 aliphatic rings. The fourth-order valence-electron chi connectivity index (χ4n) is 1.86. The molecular formula is C16H16FNO2S. The van der Waals surface area contributed by atoms with Crippen molar-refractivity contribution in [3.05, 3.63) is 58.0 Å². The van der Waals surface area contributed by atoms with E-state index in [1.54, 1.807) is 18.2 Å². The summed E-state index contributed by atoms with van der Waals surface area (Å²) >= 11 is 1.42. The van der Waals surface area contributed by atoms with E-state index in [4.69, 9.17) is 0 Å². The number of amides is 1. The zero-order valence-corrected chi connectivity index (χ0v) is 12.3. The molecule has 0 spiro atoms. The number of rotatable bonds is 7. The van der Waals surface area contributed by atoms with Gasteiger partial charge in [0.2, 0.25) is 5.91 Å². The average molecular weight is 305 g/mol. The zero-order valence-electron chi connectivity index (χ0n) is 11.5. The minimum atomic E-state index is -0.294. The number of carbonyl (C=O) groups is 2. The third-order valence-corrected chi connectivity index (χ3v) is 3.92. The molecule has 0 aliphatic heterocycles. The van der Waals surface area contributed by atoms with Crippen molar-refractivity contribution in [2.24, 2.45) is 0 Å². The van der Waals surface area contributed by atoms with Crippen LogP contribution in [-0.2, 0) is 11.3 Å². The molecule has 0 aliphatic carbocycles. The van der Waals surface area contributed by atoms with Crippen molar-refractivity contribution in [3.63, 3.8) is 0 Å². The molecule has 0 radical (unpaired) electrons. The van der Waals surface area contributed by atoms with Gasteiger partial charge in [0.15, 0.2) is 5.78 Å². The third-order valence-electron chi connectivity index (χ3n) is 3.01. The second-order valence-corrected chi connectivity index (χ2v) is 5.60. The van der Waals surface area contributed by atoms with Crippen LogP contribution in [0.1, 0.15) is 34.5 Å². The Morgan fingerprint density at radius 2 is 1.86 bits per heavy atom. The van der Waals surface area contributed by atoms with Gasteiger partial charge in [0.1, 0.15) is 5.82 Å². The maximum atomic E-state index is 12.7. The van der Waals surface area contributed by atoms with Crippen molar-refractivity contribution < 1.29 is 14.0 Å². The van der Waals surface area contributed by atoms with Crippen molar-refractivity contribution in [1.82, 2.24) is 5.32 Å². The largest absolute Gasteiger partial charge is 0.352 e. The Labute approximate surface area is 126 Å². The number of ketones is 1. The molecule has 0 saturated carbocycles. The molecule has 1 aromatic carbocycles. The Morgan fingerprint density at radius 1 is 1.10 bits per heavy atom. The topological polar surface area (TPSA) is 46.2 Å². The molecule has 1 heterocycles. The predicted octanol–water partition coefficient (Wildman–Crippen LogP) is 3.56. The molecule has 1 amide bonds. The highest BCUT2D eigenvalue weighted by Gasteiger charge is 2.08. The van der Waals surface area contributed by atoms with Crippen LogP contribution in [0.3, 0.4) is 0 Å². The number of hydrogen-bond acceptors (Lipinski definition) is 3. The Morgan fingerprint density at radius 3 is 2.52 bits per heavy atom. The van der Waals surface area contributed by atoms with Gasteiger partial charge in [-0.15, -0.1) is 11.3 Å². The summed E-state index contributed by atoms with van der Waals surface area (Å²) in [6.45, 7) is 0.373. The monoisotopic (exact) mass is 305 g/mol. The van der Waals surface area contributed by atoms with Gasteiger partial charge in [-0.1, -0.05) is 18.2 Å². The summed E-state index contributed by atoms with van der Waals surface area (Å²) in [5.41, 5.74) is 0.847. The first-order chi connectivity index (χ1) is 10.1. The van der Waals surface area contributed by atoms with Crippen LogP contribution in [0.4, 0.5) is 4.39 Å². The molecule has 110 valence electrons. The van der Waals surface area contributed by atoms with E-state index in [1.807, 2.05) is 11.4 Å². The van der Waals surface area contributed by atoms with Gasteiger partial charge in [0.25, 0.3) is 0 Å². The smallest absolute Gasteiger partial charge is 0.220 e. The summed E-state index contributed by atoms with van der Waals surface area (Å²) < 4.78 is 12.7. The summed E-state index contributed by atoms with van der Waals surface area (Å²) in [5.74, 6) is -0.313. The predicted molar refractivity (Wildman–Crippen MR) is 80.7 cm³/mol. The van der Waals surface area contributed by atoms with Crippen LogP contribution in [-0.4, -0.2) is 11.7 Å². The lowest BCUT2D eigenvalue weighted by molar-refractivity contribution is -0.121. The van der Waals surface area contributed by atoms with Crippen molar-refractivity contribution in [2.75, 3.05) is 0 Å². The molecule has 21 heavy (non-hydrogen) atoms. The Kier molecular flexibility index (Phi) is 5.63. The van der Waals surface area contributed by atoms with E-state index in [0.29, 0.717) is 25.8 Å². The normalized spacial score (nSPS) is 10.3. The first-order valence-electron chi connectivity index (χ1n) is 6.73. The first-order valence-corrected chi connectivity index (χ1v) is 7.61. The molecule has 5 heteroatoms. The van der Waals surface area contributed by atoms with Gasteiger partial charge in [-0.25, -0.2) is 4.39 Å². The van der Waals surface area contributed by atoms with Crippen LogP contribution in [0.5, 0.6) is 0 Å². The van der Waals surface area contributed by atoms with Gasteiger partial charge in [0.05, 0.1) is 4.88 Å².